The van der Waals surface area contributed by atoms with E-state index >= 15 is 0 Å². The summed E-state index contributed by atoms with van der Waals surface area (Å²) < 4.78 is 16.8. The van der Waals surface area contributed by atoms with Crippen LogP contribution in [0.15, 0.2) is 109 Å². The van der Waals surface area contributed by atoms with Crippen LogP contribution in [0.4, 0.5) is 0 Å². The molecule has 0 rings (SSSR count). The Bertz CT molecular complexity index is 1620. The summed E-state index contributed by atoms with van der Waals surface area (Å²) in [6.07, 6.45) is 94.5. The van der Waals surface area contributed by atoms with Gasteiger partial charge in [-0.25, -0.2) is 0 Å². The topological polar surface area (TPSA) is 78.9 Å². The fourth-order valence-corrected chi connectivity index (χ4v) is 9.70. The molecule has 6 nitrogen and oxygen atoms in total. The number of hydrogen-bond acceptors (Lipinski definition) is 6. The maximum absolute atomic E-state index is 12.9. The second-order valence-electron chi connectivity index (χ2n) is 22.7. The summed E-state index contributed by atoms with van der Waals surface area (Å²) in [7, 11) is 0. The van der Waals surface area contributed by atoms with Crippen molar-refractivity contribution in [1.82, 2.24) is 0 Å². The van der Waals surface area contributed by atoms with Crippen LogP contribution >= 0.6 is 0 Å². The Morgan fingerprint density at radius 1 is 0.259 bits per heavy atom. The van der Waals surface area contributed by atoms with Crippen LogP contribution in [0, 0.1) is 0 Å². The molecule has 0 aromatic carbocycles. The fourth-order valence-electron chi connectivity index (χ4n) is 9.70. The highest BCUT2D eigenvalue weighted by molar-refractivity contribution is 5.71. The molecule has 0 aromatic rings. The highest BCUT2D eigenvalue weighted by Gasteiger charge is 2.19. The molecular formula is C75H128O6. The zero-order chi connectivity index (χ0) is 58.5. The van der Waals surface area contributed by atoms with Crippen molar-refractivity contribution in [2.45, 2.75) is 335 Å². The lowest BCUT2D eigenvalue weighted by atomic mass is 10.0. The molecule has 1 atom stereocenters. The van der Waals surface area contributed by atoms with Crippen LogP contribution in [0.1, 0.15) is 329 Å². The fraction of sp³-hybridized carbons (Fsp3) is 0.720. The van der Waals surface area contributed by atoms with Crippen molar-refractivity contribution in [1.29, 1.82) is 0 Å². The molecule has 0 heterocycles. The standard InChI is InChI=1S/C75H128O6/c1-4-7-10-13-15-17-19-21-23-25-27-29-31-33-34-35-36-37-38-39-40-42-43-45-47-49-51-53-55-57-59-62-65-68-74(77)80-71-72(70-79-73(76)67-64-61-12-9-6-3)81-75(78)69-66-63-60-58-56-54-52-50-48-46-44-41-32-30-28-26-24-22-20-18-16-14-11-8-5-2/h7-8,10-11,15-18,21-24,27-30,33-34,72H,4-6,9,12-14,19-20,25-26,31-32,35-71H2,1-3H3/b10-7-,11-8-,17-15-,18-16-,23-21-,24-22-,29-27-,30-28-,34-33-. The van der Waals surface area contributed by atoms with Crippen molar-refractivity contribution in [3.05, 3.63) is 109 Å². The molecule has 0 N–H and O–H groups in total. The van der Waals surface area contributed by atoms with E-state index in [4.69, 9.17) is 14.2 Å². The summed E-state index contributed by atoms with van der Waals surface area (Å²) in [4.78, 5) is 38.0. The SMILES string of the molecule is CC/C=C\C/C=C\C/C=C\C/C=C\C/C=C\CCCCCCCCCCCCCCCCCCCC(=O)OCC(COC(=O)CCCCCCC)OC(=O)CCCCCCCCCCCCCC/C=C\C/C=C\C/C=C\C/C=C\CC. The van der Waals surface area contributed by atoms with Gasteiger partial charge >= 0.3 is 17.9 Å². The Labute approximate surface area is 501 Å². The van der Waals surface area contributed by atoms with Crippen molar-refractivity contribution in [3.8, 4) is 0 Å². The minimum atomic E-state index is -0.775. The summed E-state index contributed by atoms with van der Waals surface area (Å²) in [5, 5.41) is 0. The number of hydrogen-bond donors (Lipinski definition) is 0. The van der Waals surface area contributed by atoms with E-state index in [1.807, 2.05) is 0 Å². The minimum Gasteiger partial charge on any atom is -0.462 e. The molecule has 0 aliphatic carbocycles. The molecule has 0 amide bonds. The number of carbonyl (C=O) groups excluding carboxylic acids is 3. The molecule has 0 fully saturated rings. The first-order chi connectivity index (χ1) is 40.0. The summed E-state index contributed by atoms with van der Waals surface area (Å²) in [6, 6.07) is 0. The third-order valence-electron chi connectivity index (χ3n) is 14.8. The number of ether oxygens (including phenoxy) is 3. The third kappa shape index (κ3) is 66.8. The first-order valence-corrected chi connectivity index (χ1v) is 34.4. The van der Waals surface area contributed by atoms with Gasteiger partial charge in [-0.1, -0.05) is 316 Å². The number of carbonyl (C=O) groups is 3. The molecule has 81 heavy (non-hydrogen) atoms. The largest absolute Gasteiger partial charge is 0.462 e. The van der Waals surface area contributed by atoms with E-state index in [2.05, 4.69) is 130 Å². The normalized spacial score (nSPS) is 12.8. The Hall–Kier alpha value is -3.93. The highest BCUT2D eigenvalue weighted by atomic mass is 16.6. The van der Waals surface area contributed by atoms with E-state index in [0.717, 1.165) is 122 Å². The second kappa shape index (κ2) is 68.6. The summed E-state index contributed by atoms with van der Waals surface area (Å²) in [5.74, 6) is -0.880. The summed E-state index contributed by atoms with van der Waals surface area (Å²) in [6.45, 7) is 6.36. The Balaban J connectivity index is 3.97. The molecule has 0 aliphatic heterocycles. The maximum atomic E-state index is 12.9. The molecule has 1 unspecified atom stereocenters. The lowest BCUT2D eigenvalue weighted by molar-refractivity contribution is -0.167. The molecular weight excluding hydrogens is 997 g/mol. The van der Waals surface area contributed by atoms with Crippen LogP contribution < -0.4 is 0 Å². The first kappa shape index (κ1) is 77.1. The Kier molecular flexibility index (Phi) is 65.2. The van der Waals surface area contributed by atoms with E-state index < -0.39 is 6.10 Å². The van der Waals surface area contributed by atoms with Gasteiger partial charge in [0, 0.05) is 19.3 Å². The second-order valence-corrected chi connectivity index (χ2v) is 22.7. The Morgan fingerprint density at radius 3 is 0.753 bits per heavy atom. The van der Waals surface area contributed by atoms with Crippen LogP contribution in [0.2, 0.25) is 0 Å². The van der Waals surface area contributed by atoms with Gasteiger partial charge in [-0.05, 0) is 103 Å². The molecule has 0 bridgehead atoms. The molecule has 0 saturated heterocycles. The quantitative estimate of drug-likeness (QED) is 0.0261. The lowest BCUT2D eigenvalue weighted by Crippen LogP contribution is -2.30. The van der Waals surface area contributed by atoms with E-state index in [9.17, 15) is 14.4 Å². The number of esters is 3. The molecule has 0 radical (unpaired) electrons. The van der Waals surface area contributed by atoms with Gasteiger partial charge in [-0.2, -0.15) is 0 Å². The van der Waals surface area contributed by atoms with Crippen molar-refractivity contribution in [2.24, 2.45) is 0 Å². The van der Waals surface area contributed by atoms with Gasteiger partial charge in [0.05, 0.1) is 0 Å². The predicted molar refractivity (Wildman–Crippen MR) is 353 cm³/mol. The first-order valence-electron chi connectivity index (χ1n) is 34.4. The molecule has 0 spiro atoms. The minimum absolute atomic E-state index is 0.0755. The highest BCUT2D eigenvalue weighted by Crippen LogP contribution is 2.17. The number of unbranched alkanes of at least 4 members (excludes halogenated alkanes) is 33. The molecule has 6 heteroatoms. The molecule has 0 aliphatic rings. The van der Waals surface area contributed by atoms with Crippen LogP contribution in [-0.4, -0.2) is 37.2 Å². The monoisotopic (exact) mass is 1120 g/mol. The van der Waals surface area contributed by atoms with Crippen LogP contribution in [-0.2, 0) is 28.6 Å². The van der Waals surface area contributed by atoms with Gasteiger partial charge in [-0.15, -0.1) is 0 Å². The Morgan fingerprint density at radius 2 is 0.481 bits per heavy atom. The average Bonchev–Trinajstić information content (AvgIpc) is 3.47. The van der Waals surface area contributed by atoms with Gasteiger partial charge in [-0.3, -0.25) is 14.4 Å². The van der Waals surface area contributed by atoms with Crippen LogP contribution in [0.5, 0.6) is 0 Å². The van der Waals surface area contributed by atoms with E-state index in [1.165, 1.54) is 167 Å². The lowest BCUT2D eigenvalue weighted by Gasteiger charge is -2.18. The average molecular weight is 1130 g/mol. The van der Waals surface area contributed by atoms with Gasteiger partial charge in [0.15, 0.2) is 6.10 Å². The summed E-state index contributed by atoms with van der Waals surface area (Å²) >= 11 is 0. The zero-order valence-electron chi connectivity index (χ0n) is 53.3. The number of allylic oxidation sites excluding steroid dienone is 18. The summed E-state index contributed by atoms with van der Waals surface area (Å²) in [5.41, 5.74) is 0. The molecule has 0 aromatic heterocycles. The van der Waals surface area contributed by atoms with Gasteiger partial charge in [0.25, 0.3) is 0 Å². The smallest absolute Gasteiger partial charge is 0.306 e. The van der Waals surface area contributed by atoms with Crippen molar-refractivity contribution in [3.63, 3.8) is 0 Å². The predicted octanol–water partition coefficient (Wildman–Crippen LogP) is 23.8. The van der Waals surface area contributed by atoms with E-state index in [0.29, 0.717) is 19.3 Å². The van der Waals surface area contributed by atoms with Crippen LogP contribution in [0.3, 0.4) is 0 Å². The van der Waals surface area contributed by atoms with Crippen molar-refractivity contribution < 1.29 is 28.6 Å². The number of rotatable bonds is 62. The van der Waals surface area contributed by atoms with Crippen LogP contribution in [0.25, 0.3) is 0 Å². The molecule has 0 saturated carbocycles. The maximum Gasteiger partial charge on any atom is 0.306 e. The van der Waals surface area contributed by atoms with Crippen molar-refractivity contribution in [2.75, 3.05) is 13.2 Å². The zero-order valence-corrected chi connectivity index (χ0v) is 53.3. The van der Waals surface area contributed by atoms with Gasteiger partial charge < -0.3 is 14.2 Å². The van der Waals surface area contributed by atoms with Crippen molar-refractivity contribution >= 4 is 17.9 Å². The van der Waals surface area contributed by atoms with Gasteiger partial charge in [0.2, 0.25) is 0 Å². The van der Waals surface area contributed by atoms with E-state index in [-0.39, 0.29) is 31.1 Å². The molecule has 464 valence electrons. The van der Waals surface area contributed by atoms with Gasteiger partial charge in [0.1, 0.15) is 13.2 Å². The van der Waals surface area contributed by atoms with E-state index in [1.54, 1.807) is 0 Å². The third-order valence-corrected chi connectivity index (χ3v) is 14.8.